The molecular weight excluding hydrogens is 364 g/mol. The van der Waals surface area contributed by atoms with E-state index in [1.165, 1.54) is 0 Å². The van der Waals surface area contributed by atoms with Gasteiger partial charge in [-0.05, 0) is 48.5 Å². The molecule has 0 bridgehead atoms. The van der Waals surface area contributed by atoms with Crippen LogP contribution in [0.4, 0.5) is 13.2 Å². The summed E-state index contributed by atoms with van der Waals surface area (Å²) in [5, 5.41) is -0.435. The quantitative estimate of drug-likeness (QED) is 0.490. The number of furan rings is 1. The standard InChI is InChI=1S/C17H9Cl2F3O2/c18-13-8-11(17(20,21)22)9-14(19)16(13)24-12-5-3-10(4-6-12)15-2-1-7-23-15/h1-9H. The molecule has 0 aliphatic carbocycles. The minimum atomic E-state index is -4.53. The van der Waals surface area contributed by atoms with Crippen LogP contribution in [0.3, 0.4) is 0 Å². The Morgan fingerprint density at radius 2 is 1.54 bits per heavy atom. The number of alkyl halides is 3. The van der Waals surface area contributed by atoms with Gasteiger partial charge in [-0.1, -0.05) is 23.2 Å². The number of rotatable bonds is 3. The van der Waals surface area contributed by atoms with E-state index in [0.29, 0.717) is 11.5 Å². The monoisotopic (exact) mass is 372 g/mol. The molecule has 0 saturated carbocycles. The van der Waals surface area contributed by atoms with Crippen LogP contribution in [-0.2, 0) is 6.18 Å². The maximum Gasteiger partial charge on any atom is 0.416 e. The largest absolute Gasteiger partial charge is 0.464 e. The summed E-state index contributed by atoms with van der Waals surface area (Å²) < 4.78 is 48.9. The minimum Gasteiger partial charge on any atom is -0.464 e. The summed E-state index contributed by atoms with van der Waals surface area (Å²) in [7, 11) is 0. The van der Waals surface area contributed by atoms with Gasteiger partial charge in [0.1, 0.15) is 11.5 Å². The van der Waals surface area contributed by atoms with Crippen LogP contribution >= 0.6 is 23.2 Å². The van der Waals surface area contributed by atoms with Gasteiger partial charge >= 0.3 is 6.18 Å². The zero-order chi connectivity index (χ0) is 17.3. The van der Waals surface area contributed by atoms with Crippen LogP contribution in [-0.4, -0.2) is 0 Å². The predicted molar refractivity (Wildman–Crippen MR) is 85.7 cm³/mol. The molecule has 0 radical (unpaired) electrons. The van der Waals surface area contributed by atoms with Gasteiger partial charge in [-0.3, -0.25) is 0 Å². The van der Waals surface area contributed by atoms with Gasteiger partial charge in [0.15, 0.2) is 5.75 Å². The second kappa shape index (κ2) is 6.42. The lowest BCUT2D eigenvalue weighted by atomic mass is 10.1. The van der Waals surface area contributed by atoms with Gasteiger partial charge in [-0.2, -0.15) is 13.2 Å². The van der Waals surface area contributed by atoms with Gasteiger partial charge in [-0.25, -0.2) is 0 Å². The first-order valence-electron chi connectivity index (χ1n) is 6.72. The molecule has 0 atom stereocenters. The van der Waals surface area contributed by atoms with E-state index in [0.717, 1.165) is 17.7 Å². The van der Waals surface area contributed by atoms with Crippen LogP contribution in [0, 0.1) is 0 Å². The van der Waals surface area contributed by atoms with Crippen molar-refractivity contribution >= 4 is 23.2 Å². The van der Waals surface area contributed by atoms with Gasteiger partial charge in [0, 0.05) is 5.56 Å². The third-order valence-electron chi connectivity index (χ3n) is 3.21. The number of hydrogen-bond acceptors (Lipinski definition) is 2. The molecule has 2 aromatic carbocycles. The van der Waals surface area contributed by atoms with E-state index in [9.17, 15) is 13.2 Å². The Bertz CT molecular complexity index is 818. The predicted octanol–water partition coefficient (Wildman–Crippen LogP) is 7.06. The van der Waals surface area contributed by atoms with Gasteiger partial charge in [0.05, 0.1) is 21.9 Å². The van der Waals surface area contributed by atoms with Gasteiger partial charge in [0.25, 0.3) is 0 Å². The van der Waals surface area contributed by atoms with E-state index in [1.54, 1.807) is 42.7 Å². The Hall–Kier alpha value is -2.11. The van der Waals surface area contributed by atoms with E-state index in [4.69, 9.17) is 32.4 Å². The Balaban J connectivity index is 1.86. The fourth-order valence-electron chi connectivity index (χ4n) is 2.07. The molecule has 0 aliphatic heterocycles. The lowest BCUT2D eigenvalue weighted by molar-refractivity contribution is -0.137. The topological polar surface area (TPSA) is 22.4 Å². The van der Waals surface area contributed by atoms with Crippen LogP contribution in [0.2, 0.25) is 10.0 Å². The zero-order valence-corrected chi connectivity index (χ0v) is 13.4. The molecule has 0 fully saturated rings. The maximum absolute atomic E-state index is 12.7. The van der Waals surface area contributed by atoms with Crippen molar-refractivity contribution in [3.8, 4) is 22.8 Å². The first-order valence-corrected chi connectivity index (χ1v) is 7.48. The van der Waals surface area contributed by atoms with Crippen LogP contribution in [0.25, 0.3) is 11.3 Å². The molecule has 0 unspecified atom stereocenters. The first kappa shape index (κ1) is 16.7. The van der Waals surface area contributed by atoms with Crippen LogP contribution in [0.1, 0.15) is 5.56 Å². The molecule has 0 saturated heterocycles. The highest BCUT2D eigenvalue weighted by atomic mass is 35.5. The fraction of sp³-hybridized carbons (Fsp3) is 0.0588. The highest BCUT2D eigenvalue weighted by Crippen LogP contribution is 2.41. The number of halogens is 5. The van der Waals surface area contributed by atoms with Gasteiger partial charge in [0.2, 0.25) is 0 Å². The molecule has 0 amide bonds. The normalized spacial score (nSPS) is 11.5. The molecule has 0 aliphatic rings. The van der Waals surface area contributed by atoms with Crippen molar-refractivity contribution in [2.45, 2.75) is 6.18 Å². The molecule has 0 spiro atoms. The summed E-state index contributed by atoms with van der Waals surface area (Å²) in [6.45, 7) is 0. The molecule has 7 heteroatoms. The SMILES string of the molecule is FC(F)(F)c1cc(Cl)c(Oc2ccc(-c3ccco3)cc2)c(Cl)c1. The van der Waals surface area contributed by atoms with Crippen molar-refractivity contribution < 1.29 is 22.3 Å². The van der Waals surface area contributed by atoms with Crippen molar-refractivity contribution in [2.24, 2.45) is 0 Å². The Kier molecular flexibility index (Phi) is 4.47. The van der Waals surface area contributed by atoms with Crippen LogP contribution < -0.4 is 4.74 Å². The van der Waals surface area contributed by atoms with Crippen molar-refractivity contribution in [1.82, 2.24) is 0 Å². The van der Waals surface area contributed by atoms with E-state index in [1.807, 2.05) is 0 Å². The lowest BCUT2D eigenvalue weighted by Gasteiger charge is -2.13. The molecule has 3 aromatic rings. The van der Waals surface area contributed by atoms with Crippen LogP contribution in [0.15, 0.2) is 59.2 Å². The Labute approximate surface area is 145 Å². The van der Waals surface area contributed by atoms with Crippen molar-refractivity contribution in [1.29, 1.82) is 0 Å². The number of hydrogen-bond donors (Lipinski definition) is 0. The second-order valence-electron chi connectivity index (χ2n) is 4.87. The molecular formula is C17H9Cl2F3O2. The van der Waals surface area contributed by atoms with Crippen LogP contribution in [0.5, 0.6) is 11.5 Å². The van der Waals surface area contributed by atoms with Crippen molar-refractivity contribution in [2.75, 3.05) is 0 Å². The summed E-state index contributed by atoms with van der Waals surface area (Å²) in [4.78, 5) is 0. The maximum atomic E-state index is 12.7. The van der Waals surface area contributed by atoms with Gasteiger partial charge in [-0.15, -0.1) is 0 Å². The third kappa shape index (κ3) is 3.52. The zero-order valence-electron chi connectivity index (χ0n) is 11.9. The minimum absolute atomic E-state index is 0.0305. The van der Waals surface area contributed by atoms with E-state index in [-0.39, 0.29) is 15.8 Å². The highest BCUT2D eigenvalue weighted by molar-refractivity contribution is 6.37. The summed E-state index contributed by atoms with van der Waals surface area (Å²) in [6.07, 6.45) is -2.97. The number of benzene rings is 2. The van der Waals surface area contributed by atoms with Gasteiger partial charge < -0.3 is 9.15 Å². The molecule has 2 nitrogen and oxygen atoms in total. The van der Waals surface area contributed by atoms with Crippen molar-refractivity contribution in [3.05, 3.63) is 70.4 Å². The third-order valence-corrected chi connectivity index (χ3v) is 3.77. The molecule has 0 N–H and O–H groups in total. The van der Waals surface area contributed by atoms with E-state index < -0.39 is 11.7 Å². The highest BCUT2D eigenvalue weighted by Gasteiger charge is 2.32. The molecule has 1 heterocycles. The summed E-state index contributed by atoms with van der Waals surface area (Å²) in [6, 6.07) is 11.9. The fourth-order valence-corrected chi connectivity index (χ4v) is 2.63. The summed E-state index contributed by atoms with van der Waals surface area (Å²) in [5.41, 5.74) is -0.102. The summed E-state index contributed by atoms with van der Waals surface area (Å²) in [5.74, 6) is 1.04. The average molecular weight is 373 g/mol. The molecule has 124 valence electrons. The number of ether oxygens (including phenoxy) is 1. The van der Waals surface area contributed by atoms with Crippen molar-refractivity contribution in [3.63, 3.8) is 0 Å². The lowest BCUT2D eigenvalue weighted by Crippen LogP contribution is -2.05. The first-order chi connectivity index (χ1) is 11.3. The molecule has 24 heavy (non-hydrogen) atoms. The summed E-state index contributed by atoms with van der Waals surface area (Å²) >= 11 is 11.8. The molecule has 1 aromatic heterocycles. The molecule has 3 rings (SSSR count). The van der Waals surface area contributed by atoms with E-state index >= 15 is 0 Å². The Morgan fingerprint density at radius 1 is 0.917 bits per heavy atom. The second-order valence-corrected chi connectivity index (χ2v) is 5.68. The smallest absolute Gasteiger partial charge is 0.416 e. The van der Waals surface area contributed by atoms with E-state index in [2.05, 4.69) is 0 Å². The Morgan fingerprint density at radius 3 is 2.04 bits per heavy atom. The average Bonchev–Trinajstić information content (AvgIpc) is 3.05.